The quantitative estimate of drug-likeness (QED) is 0.819. The van der Waals surface area contributed by atoms with Crippen LogP contribution >= 0.6 is 0 Å². The van der Waals surface area contributed by atoms with Gasteiger partial charge in [0, 0.05) is 24.7 Å². The van der Waals surface area contributed by atoms with Crippen LogP contribution in [-0.2, 0) is 0 Å². The fraction of sp³-hybridized carbons (Fsp3) is 0.625. The lowest BCUT2D eigenvalue weighted by Crippen LogP contribution is -2.33. The molecule has 0 saturated carbocycles. The van der Waals surface area contributed by atoms with Crippen molar-refractivity contribution in [2.75, 3.05) is 20.1 Å². The van der Waals surface area contributed by atoms with Crippen molar-refractivity contribution in [3.63, 3.8) is 0 Å². The lowest BCUT2D eigenvalue weighted by molar-refractivity contribution is 0.232. The van der Waals surface area contributed by atoms with Gasteiger partial charge in [0.05, 0.1) is 0 Å². The van der Waals surface area contributed by atoms with Crippen molar-refractivity contribution in [1.82, 2.24) is 4.90 Å². The molecule has 3 heteroatoms. The highest BCUT2D eigenvalue weighted by atomic mass is 19.1. The van der Waals surface area contributed by atoms with Crippen molar-refractivity contribution in [3.05, 3.63) is 35.6 Å². The maximum absolute atomic E-state index is 13.7. The second-order valence-corrected chi connectivity index (χ2v) is 5.76. The first-order chi connectivity index (χ1) is 8.95. The van der Waals surface area contributed by atoms with E-state index in [-0.39, 0.29) is 17.8 Å². The molecule has 1 rings (SSSR count). The average Bonchev–Trinajstić information content (AvgIpc) is 2.38. The molecule has 2 N–H and O–H groups in total. The predicted octanol–water partition coefficient (Wildman–Crippen LogP) is 3.44. The van der Waals surface area contributed by atoms with Crippen molar-refractivity contribution < 1.29 is 4.39 Å². The van der Waals surface area contributed by atoms with Crippen LogP contribution in [0, 0.1) is 17.7 Å². The van der Waals surface area contributed by atoms with E-state index in [0.29, 0.717) is 11.5 Å². The number of halogens is 1. The molecule has 3 unspecified atom stereocenters. The highest BCUT2D eigenvalue weighted by Gasteiger charge is 2.19. The summed E-state index contributed by atoms with van der Waals surface area (Å²) in [4.78, 5) is 2.29. The highest BCUT2D eigenvalue weighted by molar-refractivity contribution is 5.21. The van der Waals surface area contributed by atoms with Gasteiger partial charge >= 0.3 is 0 Å². The van der Waals surface area contributed by atoms with Gasteiger partial charge in [-0.3, -0.25) is 0 Å². The first-order valence-electron chi connectivity index (χ1n) is 7.14. The molecule has 0 aliphatic rings. The van der Waals surface area contributed by atoms with Crippen molar-refractivity contribution in [2.24, 2.45) is 17.6 Å². The second-order valence-electron chi connectivity index (χ2n) is 5.76. The maximum atomic E-state index is 13.7. The smallest absolute Gasteiger partial charge is 0.127 e. The van der Waals surface area contributed by atoms with E-state index in [9.17, 15) is 4.39 Å². The minimum absolute atomic E-state index is 0.202. The van der Waals surface area contributed by atoms with Crippen LogP contribution in [0.2, 0.25) is 0 Å². The summed E-state index contributed by atoms with van der Waals surface area (Å²) in [6, 6.07) is 6.55. The zero-order chi connectivity index (χ0) is 14.4. The third-order valence-electron chi connectivity index (χ3n) is 3.80. The molecule has 0 aliphatic carbocycles. The van der Waals surface area contributed by atoms with E-state index >= 15 is 0 Å². The standard InChI is InChI=1S/C16H27FN2/c1-5-12(2)10-19(4)11-13(3)16(18)14-8-6-7-9-15(14)17/h6-9,12-13,16H,5,10-11,18H2,1-4H3. The van der Waals surface area contributed by atoms with Gasteiger partial charge in [-0.05, 0) is 24.9 Å². The van der Waals surface area contributed by atoms with Crippen LogP contribution in [0.5, 0.6) is 0 Å². The van der Waals surface area contributed by atoms with Gasteiger partial charge in [0.25, 0.3) is 0 Å². The van der Waals surface area contributed by atoms with Crippen LogP contribution in [0.3, 0.4) is 0 Å². The van der Waals surface area contributed by atoms with Gasteiger partial charge < -0.3 is 10.6 Å². The number of hydrogen-bond acceptors (Lipinski definition) is 2. The van der Waals surface area contributed by atoms with Crippen molar-refractivity contribution in [1.29, 1.82) is 0 Å². The van der Waals surface area contributed by atoms with Crippen LogP contribution in [0.4, 0.5) is 4.39 Å². The minimum atomic E-state index is -0.249. The van der Waals surface area contributed by atoms with Crippen molar-refractivity contribution >= 4 is 0 Å². The van der Waals surface area contributed by atoms with Crippen LogP contribution in [0.15, 0.2) is 24.3 Å². The summed E-state index contributed by atoms with van der Waals surface area (Å²) in [5.74, 6) is 0.708. The molecule has 0 aliphatic heterocycles. The molecule has 0 fully saturated rings. The van der Waals surface area contributed by atoms with Gasteiger partial charge in [0.15, 0.2) is 0 Å². The molecule has 1 aromatic carbocycles. The van der Waals surface area contributed by atoms with Gasteiger partial charge in [-0.1, -0.05) is 45.4 Å². The molecular formula is C16H27FN2. The minimum Gasteiger partial charge on any atom is -0.324 e. The first-order valence-corrected chi connectivity index (χ1v) is 7.14. The van der Waals surface area contributed by atoms with Gasteiger partial charge in [-0.25, -0.2) is 4.39 Å². The summed E-state index contributed by atoms with van der Waals surface area (Å²) in [6.45, 7) is 8.49. The van der Waals surface area contributed by atoms with Crippen LogP contribution < -0.4 is 5.73 Å². The van der Waals surface area contributed by atoms with E-state index < -0.39 is 0 Å². The van der Waals surface area contributed by atoms with E-state index in [1.165, 1.54) is 12.5 Å². The normalized spacial score (nSPS) is 16.4. The summed E-state index contributed by atoms with van der Waals surface area (Å²) >= 11 is 0. The number of nitrogens with zero attached hydrogens (tertiary/aromatic N) is 1. The zero-order valence-electron chi connectivity index (χ0n) is 12.6. The van der Waals surface area contributed by atoms with Crippen molar-refractivity contribution in [2.45, 2.75) is 33.2 Å². The Kier molecular flexibility index (Phi) is 6.46. The highest BCUT2D eigenvalue weighted by Crippen LogP contribution is 2.22. The average molecular weight is 266 g/mol. The fourth-order valence-electron chi connectivity index (χ4n) is 2.39. The molecule has 0 radical (unpaired) electrons. The molecule has 0 spiro atoms. The first kappa shape index (κ1) is 16.1. The number of benzene rings is 1. The molecule has 0 heterocycles. The summed E-state index contributed by atoms with van der Waals surface area (Å²) in [5, 5.41) is 0. The summed E-state index contributed by atoms with van der Waals surface area (Å²) < 4.78 is 13.7. The van der Waals surface area contributed by atoms with E-state index in [1.807, 2.05) is 6.07 Å². The van der Waals surface area contributed by atoms with Gasteiger partial charge in [-0.2, -0.15) is 0 Å². The molecule has 0 saturated heterocycles. The SMILES string of the molecule is CCC(C)CN(C)CC(C)C(N)c1ccccc1F. The topological polar surface area (TPSA) is 29.3 Å². The molecular weight excluding hydrogens is 239 g/mol. The van der Waals surface area contributed by atoms with E-state index in [2.05, 4.69) is 32.7 Å². The third kappa shape index (κ3) is 4.92. The third-order valence-corrected chi connectivity index (χ3v) is 3.80. The molecule has 0 aromatic heterocycles. The fourth-order valence-corrected chi connectivity index (χ4v) is 2.39. The monoisotopic (exact) mass is 266 g/mol. The molecule has 2 nitrogen and oxygen atoms in total. The molecule has 108 valence electrons. The lowest BCUT2D eigenvalue weighted by atomic mass is 9.94. The molecule has 0 bridgehead atoms. The van der Waals surface area contributed by atoms with Crippen LogP contribution in [0.25, 0.3) is 0 Å². The summed E-state index contributed by atoms with van der Waals surface area (Å²) in [6.07, 6.45) is 1.18. The number of nitrogens with two attached hydrogens (primary N) is 1. The molecule has 3 atom stereocenters. The Labute approximate surface area is 116 Å². The second kappa shape index (κ2) is 7.61. The Bertz CT molecular complexity index is 381. The molecule has 0 amide bonds. The van der Waals surface area contributed by atoms with Crippen LogP contribution in [0.1, 0.15) is 38.8 Å². The Morgan fingerprint density at radius 3 is 2.42 bits per heavy atom. The molecule has 1 aromatic rings. The number of hydrogen-bond donors (Lipinski definition) is 1. The van der Waals surface area contributed by atoms with Gasteiger partial charge in [0.1, 0.15) is 5.82 Å². The Morgan fingerprint density at radius 1 is 1.21 bits per heavy atom. The van der Waals surface area contributed by atoms with Crippen molar-refractivity contribution in [3.8, 4) is 0 Å². The maximum Gasteiger partial charge on any atom is 0.127 e. The van der Waals surface area contributed by atoms with Crippen LogP contribution in [-0.4, -0.2) is 25.0 Å². The summed E-state index contributed by atoms with van der Waals surface area (Å²) in [7, 11) is 2.11. The van der Waals surface area contributed by atoms with Gasteiger partial charge in [0.2, 0.25) is 0 Å². The Hall–Kier alpha value is -0.930. The predicted molar refractivity (Wildman–Crippen MR) is 79.4 cm³/mol. The van der Waals surface area contributed by atoms with E-state index in [1.54, 1.807) is 12.1 Å². The Balaban J connectivity index is 2.58. The largest absolute Gasteiger partial charge is 0.324 e. The lowest BCUT2D eigenvalue weighted by Gasteiger charge is -2.27. The zero-order valence-corrected chi connectivity index (χ0v) is 12.6. The number of rotatable bonds is 7. The summed E-state index contributed by atoms with van der Waals surface area (Å²) in [5.41, 5.74) is 6.80. The molecule has 19 heavy (non-hydrogen) atoms. The van der Waals surface area contributed by atoms with E-state index in [4.69, 9.17) is 5.73 Å². The Morgan fingerprint density at radius 2 is 1.84 bits per heavy atom. The van der Waals surface area contributed by atoms with Gasteiger partial charge in [-0.15, -0.1) is 0 Å². The van der Waals surface area contributed by atoms with E-state index in [0.717, 1.165) is 13.1 Å².